The summed E-state index contributed by atoms with van der Waals surface area (Å²) in [5.41, 5.74) is -5.42. The lowest BCUT2D eigenvalue weighted by Crippen LogP contribution is -2.62. The first kappa shape index (κ1) is 37.7. The zero-order valence-corrected chi connectivity index (χ0v) is 26.7. The summed E-state index contributed by atoms with van der Waals surface area (Å²) in [6.07, 6.45) is -14.8. The van der Waals surface area contributed by atoms with E-state index in [1.807, 2.05) is 0 Å². The first-order chi connectivity index (χ1) is 23.9. The van der Waals surface area contributed by atoms with E-state index in [1.165, 1.54) is 24.3 Å². The number of carboxylic acids is 1. The molecule has 3 heterocycles. The van der Waals surface area contributed by atoms with Gasteiger partial charge in [-0.25, -0.2) is 0 Å². The second-order valence-electron chi connectivity index (χ2n) is 12.5. The van der Waals surface area contributed by atoms with Crippen molar-refractivity contribution in [3.05, 3.63) is 46.6 Å². The smallest absolute Gasteiger partial charge is 0.308 e. The molecule has 0 spiro atoms. The number of fused-ring (bicyclic) bond motifs is 1. The average molecular weight is 725 g/mol. The van der Waals surface area contributed by atoms with E-state index in [-0.39, 0.29) is 22.7 Å². The second kappa shape index (κ2) is 14.6. The number of aliphatic hydroxyl groups excluding tert-OH is 4. The van der Waals surface area contributed by atoms with Crippen LogP contribution >= 0.6 is 0 Å². The number of ether oxygens (including phenoxy) is 5. The van der Waals surface area contributed by atoms with Gasteiger partial charge in [0, 0.05) is 17.7 Å². The number of carboxylic acid groups (broad SMARTS) is 1. The zero-order chi connectivity index (χ0) is 37.4. The quantitative estimate of drug-likeness (QED) is 0.0939. The molecule has 0 amide bonds. The molecule has 2 aliphatic rings. The molecule has 0 bridgehead atoms. The summed E-state index contributed by atoms with van der Waals surface area (Å²) in [6, 6.07) is 7.02. The number of phenols is 3. The van der Waals surface area contributed by atoms with Crippen LogP contribution in [0.4, 0.5) is 0 Å². The van der Waals surface area contributed by atoms with Crippen LogP contribution in [-0.2, 0) is 28.5 Å². The van der Waals surface area contributed by atoms with Crippen molar-refractivity contribution in [3.63, 3.8) is 0 Å². The minimum Gasteiger partial charge on any atom is -0.508 e. The van der Waals surface area contributed by atoms with Crippen molar-refractivity contribution in [1.29, 1.82) is 0 Å². The van der Waals surface area contributed by atoms with E-state index in [4.69, 9.17) is 33.2 Å². The summed E-state index contributed by atoms with van der Waals surface area (Å²) in [5, 5.41) is 102. The summed E-state index contributed by atoms with van der Waals surface area (Å²) in [6.45, 7) is -1.32. The van der Waals surface area contributed by atoms with Gasteiger partial charge in [-0.15, -0.1) is 0 Å². The third-order valence-corrected chi connectivity index (χ3v) is 8.26. The molecule has 10 N–H and O–H groups in total. The van der Waals surface area contributed by atoms with E-state index < -0.39 is 127 Å². The van der Waals surface area contributed by atoms with E-state index in [0.717, 1.165) is 19.1 Å². The van der Waals surface area contributed by atoms with Crippen molar-refractivity contribution in [3.8, 4) is 34.3 Å². The van der Waals surface area contributed by atoms with Crippen LogP contribution in [-0.4, -0.2) is 137 Å². The van der Waals surface area contributed by atoms with Gasteiger partial charge in [0.05, 0.1) is 31.7 Å². The lowest BCUT2D eigenvalue weighted by Gasteiger charge is -2.42. The van der Waals surface area contributed by atoms with Crippen molar-refractivity contribution in [2.24, 2.45) is 0 Å². The second-order valence-corrected chi connectivity index (χ2v) is 12.5. The molecular weight excluding hydrogens is 688 g/mol. The molecule has 1 aromatic heterocycles. The van der Waals surface area contributed by atoms with Crippen molar-refractivity contribution in [2.75, 3.05) is 19.8 Å². The van der Waals surface area contributed by atoms with Crippen LogP contribution in [0.2, 0.25) is 0 Å². The normalized spacial score (nSPS) is 29.0. The molecule has 19 heteroatoms. The highest BCUT2D eigenvalue weighted by Crippen LogP contribution is 2.38. The molecule has 5 rings (SSSR count). The predicted octanol–water partition coefficient (Wildman–Crippen LogP) is -1.61. The number of aliphatic hydroxyl groups is 6. The maximum absolute atomic E-state index is 13.9. The maximum Gasteiger partial charge on any atom is 0.308 e. The van der Waals surface area contributed by atoms with Crippen LogP contribution in [0.5, 0.6) is 23.0 Å². The number of esters is 1. The van der Waals surface area contributed by atoms with Gasteiger partial charge in [0.1, 0.15) is 64.8 Å². The van der Waals surface area contributed by atoms with Crippen molar-refractivity contribution in [1.82, 2.24) is 0 Å². The Morgan fingerprint density at radius 3 is 2.31 bits per heavy atom. The van der Waals surface area contributed by atoms with Gasteiger partial charge >= 0.3 is 11.9 Å². The summed E-state index contributed by atoms with van der Waals surface area (Å²) in [7, 11) is 0. The lowest BCUT2D eigenvalue weighted by atomic mass is 9.97. The lowest BCUT2D eigenvalue weighted by molar-refractivity contribution is -0.319. The number of aliphatic carboxylic acids is 1. The van der Waals surface area contributed by atoms with Crippen molar-refractivity contribution < 1.29 is 88.8 Å². The van der Waals surface area contributed by atoms with Crippen LogP contribution in [0.25, 0.3) is 22.3 Å². The number of hydrogen-bond acceptors (Lipinski definition) is 18. The number of rotatable bonds is 12. The van der Waals surface area contributed by atoms with Gasteiger partial charge < -0.3 is 79.2 Å². The Labute approximate surface area is 286 Å². The van der Waals surface area contributed by atoms with E-state index >= 15 is 0 Å². The Morgan fingerprint density at radius 1 is 1.00 bits per heavy atom. The highest BCUT2D eigenvalue weighted by atomic mass is 16.8. The Kier molecular flexibility index (Phi) is 10.8. The van der Waals surface area contributed by atoms with Crippen LogP contribution in [0, 0.1) is 0 Å². The first-order valence-corrected chi connectivity index (χ1v) is 15.3. The number of benzene rings is 2. The van der Waals surface area contributed by atoms with Gasteiger partial charge in [-0.3, -0.25) is 14.4 Å². The highest BCUT2D eigenvalue weighted by Gasteiger charge is 2.54. The summed E-state index contributed by atoms with van der Waals surface area (Å²) >= 11 is 0. The molecule has 2 fully saturated rings. The summed E-state index contributed by atoms with van der Waals surface area (Å²) in [4.78, 5) is 37.4. The minimum atomic E-state index is -2.19. The van der Waals surface area contributed by atoms with Gasteiger partial charge in [-0.1, -0.05) is 0 Å². The molecule has 2 saturated heterocycles. The highest BCUT2D eigenvalue weighted by molar-refractivity contribution is 5.88. The fourth-order valence-corrected chi connectivity index (χ4v) is 5.57. The van der Waals surface area contributed by atoms with E-state index in [9.17, 15) is 60.3 Å². The number of carbonyl (C=O) groups excluding carboxylic acids is 1. The molecule has 51 heavy (non-hydrogen) atoms. The molecule has 19 nitrogen and oxygen atoms in total. The van der Waals surface area contributed by atoms with Crippen LogP contribution in [0.1, 0.15) is 19.8 Å². The van der Waals surface area contributed by atoms with Gasteiger partial charge in [0.15, 0.2) is 18.2 Å². The molecule has 2 aliphatic heterocycles. The molecule has 0 unspecified atom stereocenters. The Bertz CT molecular complexity index is 1800. The molecule has 9 atom stereocenters. The van der Waals surface area contributed by atoms with E-state index in [1.54, 1.807) is 0 Å². The standard InChI is InChI=1S/C32H36O19/c1-31(44,8-19(37)38)9-20(39)46-10-18-22(40)24(42)27(51-30-28(43)32(45,11-33)12-47-30)29(49-18)50-26-23(41)21-16(36)6-15(35)7-17(21)48-25(26)13-2-4-14(34)5-3-13/h2-7,18,22,24,27-30,33-36,40,42-45H,8-12H2,1H3,(H,37,38)/t18-,22+,24-,27+,28-,29-,30+,31-,32+/m0/s1. The SMILES string of the molecule is C[C@](O)(CC(=O)O)CC(=O)OC[C@@H]1O[C@@H](Oc2c(-c3ccc(O)cc3)oc3cc(O)cc(O)c3c2=O)[C@H](O[C@H]2OC[C@](O)(CO)[C@H]2O)[C@@H](O)[C@@H]1O. The maximum atomic E-state index is 13.9. The zero-order valence-electron chi connectivity index (χ0n) is 26.7. The molecule has 278 valence electrons. The van der Waals surface area contributed by atoms with Gasteiger partial charge in [0.2, 0.25) is 17.5 Å². The number of carbonyl (C=O) groups is 2. The van der Waals surface area contributed by atoms with Crippen LogP contribution in [0.3, 0.4) is 0 Å². The van der Waals surface area contributed by atoms with E-state index in [2.05, 4.69) is 0 Å². The first-order valence-electron chi connectivity index (χ1n) is 15.3. The Hall–Kier alpha value is -4.57. The number of aromatic hydroxyl groups is 3. The Balaban J connectivity index is 1.53. The minimum absolute atomic E-state index is 0.111. The number of hydrogen-bond donors (Lipinski definition) is 10. The van der Waals surface area contributed by atoms with Crippen LogP contribution in [0.15, 0.2) is 45.6 Å². The molecular formula is C32H36O19. The molecule has 0 radical (unpaired) electrons. The Morgan fingerprint density at radius 2 is 1.69 bits per heavy atom. The van der Waals surface area contributed by atoms with Crippen molar-refractivity contribution in [2.45, 2.75) is 74.1 Å². The fourth-order valence-electron chi connectivity index (χ4n) is 5.57. The molecule has 3 aromatic rings. The van der Waals surface area contributed by atoms with Crippen molar-refractivity contribution >= 4 is 22.9 Å². The topological polar surface area (TPSA) is 313 Å². The third-order valence-electron chi connectivity index (χ3n) is 8.26. The molecule has 0 aliphatic carbocycles. The predicted molar refractivity (Wildman–Crippen MR) is 165 cm³/mol. The fraction of sp³-hybridized carbons (Fsp3) is 0.469. The third kappa shape index (κ3) is 8.01. The van der Waals surface area contributed by atoms with Crippen LogP contribution < -0.4 is 10.2 Å². The summed E-state index contributed by atoms with van der Waals surface area (Å²) in [5.74, 6) is -4.90. The largest absolute Gasteiger partial charge is 0.508 e. The molecule has 0 saturated carbocycles. The summed E-state index contributed by atoms with van der Waals surface area (Å²) < 4.78 is 33.7. The monoisotopic (exact) mass is 724 g/mol. The van der Waals surface area contributed by atoms with Gasteiger partial charge in [0.25, 0.3) is 0 Å². The average Bonchev–Trinajstić information content (AvgIpc) is 3.33. The van der Waals surface area contributed by atoms with Gasteiger partial charge in [-0.2, -0.15) is 0 Å². The number of phenolic OH excluding ortho intramolecular Hbond substituents is 3. The van der Waals surface area contributed by atoms with Gasteiger partial charge in [-0.05, 0) is 31.2 Å². The van der Waals surface area contributed by atoms with E-state index in [0.29, 0.717) is 0 Å². The molecule has 2 aromatic carbocycles.